The zero-order chi connectivity index (χ0) is 18.0. The summed E-state index contributed by atoms with van der Waals surface area (Å²) < 4.78 is 16.7. The molecular weight excluding hydrogens is 314 g/mol. The highest BCUT2D eigenvalue weighted by molar-refractivity contribution is 6.06. The monoisotopic (exact) mass is 341 g/mol. The summed E-state index contributed by atoms with van der Waals surface area (Å²) in [6.45, 7) is 6.00. The molecule has 7 heteroatoms. The lowest BCUT2D eigenvalue weighted by Crippen LogP contribution is -2.50. The average Bonchev–Trinajstić information content (AvgIpc) is 3.21. The van der Waals surface area contributed by atoms with Crippen molar-refractivity contribution in [3.63, 3.8) is 0 Å². The quantitative estimate of drug-likeness (QED) is 0.551. The molecule has 3 aliphatic heterocycles. The maximum absolute atomic E-state index is 12.2. The maximum atomic E-state index is 12.2. The Morgan fingerprint density at radius 1 is 1.12 bits per heavy atom. The summed E-state index contributed by atoms with van der Waals surface area (Å²) in [5.74, 6) is -1.88. The molecule has 0 aromatic carbocycles. The molecule has 3 heterocycles. The van der Waals surface area contributed by atoms with Gasteiger partial charge in [0.2, 0.25) is 11.8 Å². The minimum atomic E-state index is -0.621. The molecule has 0 radical (unpaired) electrons. The second-order valence-corrected chi connectivity index (χ2v) is 6.11. The van der Waals surface area contributed by atoms with Crippen LogP contribution in [0.1, 0.15) is 40.0 Å². The molecule has 7 nitrogen and oxygen atoms in total. The third-order valence-corrected chi connectivity index (χ3v) is 4.89. The van der Waals surface area contributed by atoms with Crippen molar-refractivity contribution in [2.45, 2.75) is 64.4 Å². The van der Waals surface area contributed by atoms with E-state index < -0.39 is 36.3 Å². The van der Waals surface area contributed by atoms with Crippen LogP contribution in [0, 0.1) is 11.8 Å². The van der Waals surface area contributed by atoms with Gasteiger partial charge in [0.25, 0.3) is 0 Å². The molecule has 0 aromatic rings. The van der Waals surface area contributed by atoms with Crippen LogP contribution >= 0.6 is 0 Å². The average molecular weight is 341 g/mol. The van der Waals surface area contributed by atoms with Crippen molar-refractivity contribution in [1.29, 1.82) is 0 Å². The van der Waals surface area contributed by atoms with Crippen molar-refractivity contribution >= 4 is 17.8 Å². The van der Waals surface area contributed by atoms with Crippen molar-refractivity contribution in [3.8, 4) is 0 Å². The number of hydrogen-bond donors (Lipinski definition) is 0. The van der Waals surface area contributed by atoms with Gasteiger partial charge in [-0.05, 0) is 6.42 Å². The van der Waals surface area contributed by atoms with E-state index in [1.165, 1.54) is 14.2 Å². The van der Waals surface area contributed by atoms with E-state index in [9.17, 15) is 14.4 Å². The van der Waals surface area contributed by atoms with E-state index in [0.717, 1.165) is 17.7 Å². The van der Waals surface area contributed by atoms with Crippen molar-refractivity contribution in [2.24, 2.45) is 11.8 Å². The van der Waals surface area contributed by atoms with Gasteiger partial charge in [-0.15, -0.1) is 0 Å². The molecule has 0 aliphatic carbocycles. The molecule has 0 N–H and O–H groups in total. The van der Waals surface area contributed by atoms with E-state index in [1.807, 2.05) is 20.8 Å². The number of imide groups is 1. The van der Waals surface area contributed by atoms with Gasteiger partial charge in [-0.3, -0.25) is 19.3 Å². The van der Waals surface area contributed by atoms with Crippen molar-refractivity contribution < 1.29 is 28.6 Å². The predicted octanol–water partition coefficient (Wildman–Crippen LogP) is 1.14. The number of hydrogen-bond acceptors (Lipinski definition) is 6. The number of fused-ring (bicyclic) bond motifs is 5. The normalized spacial score (nSPS) is 36.5. The molecule has 6 unspecified atom stereocenters. The summed E-state index contributed by atoms with van der Waals surface area (Å²) in [7, 11) is 2.98. The van der Waals surface area contributed by atoms with E-state index in [-0.39, 0.29) is 17.8 Å². The molecule has 6 atom stereocenters. The number of rotatable bonds is 5. The summed E-state index contributed by atoms with van der Waals surface area (Å²) >= 11 is 0. The number of carbonyl (C=O) groups is 3. The Balaban J connectivity index is 0.00000100. The van der Waals surface area contributed by atoms with E-state index >= 15 is 0 Å². The Hall–Kier alpha value is -1.47. The van der Waals surface area contributed by atoms with Crippen LogP contribution in [0.4, 0.5) is 0 Å². The molecule has 2 amide bonds. The number of carbonyl (C=O) groups excluding carboxylic acids is 3. The first-order valence-corrected chi connectivity index (χ1v) is 8.70. The van der Waals surface area contributed by atoms with Gasteiger partial charge in [0.15, 0.2) is 6.10 Å². The number of ether oxygens (including phenoxy) is 3. The molecule has 3 rings (SSSR count). The summed E-state index contributed by atoms with van der Waals surface area (Å²) in [4.78, 5) is 37.5. The van der Waals surface area contributed by atoms with Crippen molar-refractivity contribution in [1.82, 2.24) is 4.90 Å². The predicted molar refractivity (Wildman–Crippen MR) is 85.0 cm³/mol. The van der Waals surface area contributed by atoms with Gasteiger partial charge in [0.1, 0.15) is 18.3 Å². The van der Waals surface area contributed by atoms with Crippen LogP contribution in [0.5, 0.6) is 0 Å². The maximum Gasteiger partial charge on any atom is 0.306 e. The molecule has 0 saturated carbocycles. The highest BCUT2D eigenvalue weighted by Crippen LogP contribution is 2.50. The number of unbranched alkanes of at least 4 members (excludes halogenated alkanes) is 1. The fraction of sp³-hybridized carbons (Fsp3) is 0.824. The molecule has 3 aliphatic rings. The Kier molecular flexibility index (Phi) is 5.98. The smallest absolute Gasteiger partial charge is 0.306 e. The number of esters is 1. The molecule has 3 fully saturated rings. The van der Waals surface area contributed by atoms with Crippen molar-refractivity contribution in [2.75, 3.05) is 14.2 Å². The Bertz CT molecular complexity index is 507. The Labute approximate surface area is 142 Å². The largest absolute Gasteiger partial charge is 0.457 e. The minimum absolute atomic E-state index is 0.236. The topological polar surface area (TPSA) is 82.1 Å². The fourth-order valence-corrected chi connectivity index (χ4v) is 3.78. The number of likely N-dealkylation sites (tertiary alicyclic amines) is 1. The molecule has 24 heavy (non-hydrogen) atoms. The highest BCUT2D eigenvalue weighted by atomic mass is 16.6. The second-order valence-electron chi connectivity index (χ2n) is 6.11. The first-order valence-electron chi connectivity index (χ1n) is 8.70. The molecule has 2 bridgehead atoms. The zero-order valence-corrected chi connectivity index (χ0v) is 15.0. The van der Waals surface area contributed by atoms with Crippen LogP contribution in [0.3, 0.4) is 0 Å². The summed E-state index contributed by atoms with van der Waals surface area (Å²) in [5, 5.41) is 0. The Morgan fingerprint density at radius 2 is 1.67 bits per heavy atom. The van der Waals surface area contributed by atoms with E-state index in [0.29, 0.717) is 6.42 Å². The fourth-order valence-electron chi connectivity index (χ4n) is 3.78. The first kappa shape index (κ1) is 18.9. The standard InChI is InChI=1S/C15H21NO6.C2H6/c1-4-5-6-7(17)21-13-11-9-8(10(22-11)12(13)20-3)14(18)16(2)15(9)19;1-2/h8-13H,4-6H2,1-3H3;1-2H3. The van der Waals surface area contributed by atoms with Gasteiger partial charge in [-0.1, -0.05) is 27.2 Å². The summed E-state index contributed by atoms with van der Waals surface area (Å²) in [6.07, 6.45) is -0.244. The molecule has 136 valence electrons. The van der Waals surface area contributed by atoms with Crippen LogP contribution < -0.4 is 0 Å². The van der Waals surface area contributed by atoms with Gasteiger partial charge in [-0.25, -0.2) is 0 Å². The summed E-state index contributed by atoms with van der Waals surface area (Å²) in [6, 6.07) is 0. The van der Waals surface area contributed by atoms with E-state index in [1.54, 1.807) is 0 Å². The van der Waals surface area contributed by atoms with Gasteiger partial charge >= 0.3 is 5.97 Å². The third-order valence-electron chi connectivity index (χ3n) is 4.89. The molecule has 0 spiro atoms. The van der Waals surface area contributed by atoms with Gasteiger partial charge in [-0.2, -0.15) is 0 Å². The highest BCUT2D eigenvalue weighted by Gasteiger charge is 2.69. The van der Waals surface area contributed by atoms with E-state index in [4.69, 9.17) is 14.2 Å². The van der Waals surface area contributed by atoms with Gasteiger partial charge < -0.3 is 14.2 Å². The lowest BCUT2D eigenvalue weighted by atomic mass is 9.78. The van der Waals surface area contributed by atoms with Gasteiger partial charge in [0, 0.05) is 20.6 Å². The van der Waals surface area contributed by atoms with E-state index in [2.05, 4.69) is 0 Å². The SMILES string of the molecule is CC.CCCCC(=O)OC1C(OC)C2OC1C1C(=O)N(C)C(=O)C21. The lowest BCUT2D eigenvalue weighted by Gasteiger charge is -2.31. The Morgan fingerprint density at radius 3 is 2.17 bits per heavy atom. The minimum Gasteiger partial charge on any atom is -0.457 e. The molecular formula is C17H27NO6. The third kappa shape index (κ3) is 2.84. The number of nitrogens with zero attached hydrogens (tertiary/aromatic N) is 1. The van der Waals surface area contributed by atoms with Crippen LogP contribution in [0.2, 0.25) is 0 Å². The lowest BCUT2D eigenvalue weighted by molar-refractivity contribution is -0.161. The second kappa shape index (κ2) is 7.61. The zero-order valence-electron chi connectivity index (χ0n) is 15.0. The number of amides is 2. The van der Waals surface area contributed by atoms with Crippen molar-refractivity contribution in [3.05, 3.63) is 0 Å². The molecule has 0 aromatic heterocycles. The van der Waals surface area contributed by atoms with Crippen LogP contribution in [-0.2, 0) is 28.6 Å². The van der Waals surface area contributed by atoms with Crippen LogP contribution in [0.25, 0.3) is 0 Å². The molecule has 3 saturated heterocycles. The van der Waals surface area contributed by atoms with Crippen LogP contribution in [-0.4, -0.2) is 61.3 Å². The van der Waals surface area contributed by atoms with Crippen LogP contribution in [0.15, 0.2) is 0 Å². The summed E-state index contributed by atoms with van der Waals surface area (Å²) in [5.41, 5.74) is 0. The van der Waals surface area contributed by atoms with Gasteiger partial charge in [0.05, 0.1) is 11.8 Å². The first-order chi connectivity index (χ1) is 11.5. The number of methoxy groups -OCH3 is 1.